The number of aliphatic hydroxyl groups excluding tert-OH is 1. The van der Waals surface area contributed by atoms with Crippen molar-refractivity contribution in [2.45, 2.75) is 39.2 Å². The number of rotatable bonds is 9. The highest BCUT2D eigenvalue weighted by Gasteiger charge is 2.04. The molecule has 0 saturated carbocycles. The number of nitrogens with zero attached hydrogens (tertiary/aromatic N) is 2. The van der Waals surface area contributed by atoms with Gasteiger partial charge in [-0.3, -0.25) is 0 Å². The Morgan fingerprint density at radius 2 is 1.73 bits per heavy atom. The predicted molar refractivity (Wildman–Crippen MR) is 66.2 cm³/mol. The molecule has 0 spiro atoms. The molecule has 0 saturated heterocycles. The highest BCUT2D eigenvalue weighted by atomic mass is 16.3. The van der Waals surface area contributed by atoms with Crippen LogP contribution in [0.1, 0.15) is 33.1 Å². The lowest BCUT2D eigenvalue weighted by Gasteiger charge is -2.23. The third-order valence-corrected chi connectivity index (χ3v) is 2.50. The van der Waals surface area contributed by atoms with Crippen molar-refractivity contribution in [3.63, 3.8) is 0 Å². The molecule has 0 aliphatic carbocycles. The lowest BCUT2D eigenvalue weighted by Crippen LogP contribution is -2.33. The standard InChI is InChI=1S/C12H28N2O/c1-5-8-14(11-10-13(3)4)9-6-7-12(2)15/h12,15H,5-11H2,1-4H3. The quantitative estimate of drug-likeness (QED) is 0.631. The Kier molecular flexibility index (Phi) is 9.06. The largest absolute Gasteiger partial charge is 0.393 e. The van der Waals surface area contributed by atoms with E-state index in [1.54, 1.807) is 0 Å². The second kappa shape index (κ2) is 9.13. The topological polar surface area (TPSA) is 26.7 Å². The summed E-state index contributed by atoms with van der Waals surface area (Å²) < 4.78 is 0. The van der Waals surface area contributed by atoms with E-state index in [-0.39, 0.29) is 6.10 Å². The maximum Gasteiger partial charge on any atom is 0.0512 e. The molecule has 1 N–H and O–H groups in total. The van der Waals surface area contributed by atoms with Gasteiger partial charge in [0.2, 0.25) is 0 Å². The Labute approximate surface area is 95.1 Å². The van der Waals surface area contributed by atoms with Crippen LogP contribution in [0.15, 0.2) is 0 Å². The average Bonchev–Trinajstić information content (AvgIpc) is 2.13. The summed E-state index contributed by atoms with van der Waals surface area (Å²) in [4.78, 5) is 4.71. The third kappa shape index (κ3) is 10.2. The molecule has 0 fully saturated rings. The summed E-state index contributed by atoms with van der Waals surface area (Å²) >= 11 is 0. The molecule has 0 aliphatic rings. The van der Waals surface area contributed by atoms with Crippen molar-refractivity contribution in [2.24, 2.45) is 0 Å². The van der Waals surface area contributed by atoms with Crippen LogP contribution in [0.2, 0.25) is 0 Å². The normalized spacial score (nSPS) is 13.8. The monoisotopic (exact) mass is 216 g/mol. The molecule has 92 valence electrons. The van der Waals surface area contributed by atoms with Gasteiger partial charge in [-0.05, 0) is 53.4 Å². The van der Waals surface area contributed by atoms with E-state index in [4.69, 9.17) is 0 Å². The van der Waals surface area contributed by atoms with Gasteiger partial charge in [0, 0.05) is 13.1 Å². The molecule has 15 heavy (non-hydrogen) atoms. The van der Waals surface area contributed by atoms with E-state index >= 15 is 0 Å². The molecule has 0 bridgehead atoms. The Balaban J connectivity index is 3.62. The van der Waals surface area contributed by atoms with E-state index in [1.807, 2.05) is 6.92 Å². The van der Waals surface area contributed by atoms with Crippen LogP contribution >= 0.6 is 0 Å². The van der Waals surface area contributed by atoms with Crippen LogP contribution in [-0.4, -0.2) is 61.3 Å². The summed E-state index contributed by atoms with van der Waals surface area (Å²) in [5.74, 6) is 0. The maximum absolute atomic E-state index is 9.19. The fraction of sp³-hybridized carbons (Fsp3) is 1.00. The first-order chi connectivity index (χ1) is 7.06. The second-order valence-corrected chi connectivity index (χ2v) is 4.64. The van der Waals surface area contributed by atoms with Gasteiger partial charge in [-0.15, -0.1) is 0 Å². The smallest absolute Gasteiger partial charge is 0.0512 e. The Hall–Kier alpha value is -0.120. The van der Waals surface area contributed by atoms with Gasteiger partial charge < -0.3 is 14.9 Å². The van der Waals surface area contributed by atoms with Gasteiger partial charge in [-0.1, -0.05) is 6.92 Å². The van der Waals surface area contributed by atoms with Gasteiger partial charge in [0.25, 0.3) is 0 Å². The van der Waals surface area contributed by atoms with Crippen molar-refractivity contribution in [3.05, 3.63) is 0 Å². The Morgan fingerprint density at radius 3 is 2.20 bits per heavy atom. The highest BCUT2D eigenvalue weighted by Crippen LogP contribution is 2.00. The van der Waals surface area contributed by atoms with Gasteiger partial charge in [0.1, 0.15) is 0 Å². The van der Waals surface area contributed by atoms with Crippen molar-refractivity contribution >= 4 is 0 Å². The van der Waals surface area contributed by atoms with Crippen LogP contribution in [0, 0.1) is 0 Å². The number of hydrogen-bond acceptors (Lipinski definition) is 3. The summed E-state index contributed by atoms with van der Waals surface area (Å²) in [5.41, 5.74) is 0. The zero-order valence-corrected chi connectivity index (χ0v) is 10.9. The Bertz CT molecular complexity index is 138. The molecule has 0 aliphatic heterocycles. The highest BCUT2D eigenvalue weighted by molar-refractivity contribution is 4.60. The van der Waals surface area contributed by atoms with E-state index in [0.717, 1.165) is 32.5 Å². The minimum Gasteiger partial charge on any atom is -0.393 e. The summed E-state index contributed by atoms with van der Waals surface area (Å²) in [6, 6.07) is 0. The van der Waals surface area contributed by atoms with Crippen molar-refractivity contribution in [1.82, 2.24) is 9.80 Å². The summed E-state index contributed by atoms with van der Waals surface area (Å²) in [6.07, 6.45) is 3.08. The fourth-order valence-electron chi connectivity index (χ4n) is 1.60. The molecule has 0 aromatic rings. The van der Waals surface area contributed by atoms with Gasteiger partial charge in [0.05, 0.1) is 6.10 Å². The lowest BCUT2D eigenvalue weighted by molar-refractivity contribution is 0.168. The van der Waals surface area contributed by atoms with Crippen molar-refractivity contribution in [2.75, 3.05) is 40.3 Å². The maximum atomic E-state index is 9.19. The first-order valence-electron chi connectivity index (χ1n) is 6.11. The van der Waals surface area contributed by atoms with Gasteiger partial charge in [-0.2, -0.15) is 0 Å². The van der Waals surface area contributed by atoms with Crippen LogP contribution in [0.3, 0.4) is 0 Å². The summed E-state index contributed by atoms with van der Waals surface area (Å²) in [5, 5.41) is 9.19. The third-order valence-electron chi connectivity index (χ3n) is 2.50. The number of likely N-dealkylation sites (N-methyl/N-ethyl adjacent to an activating group) is 1. The van der Waals surface area contributed by atoms with Crippen LogP contribution in [-0.2, 0) is 0 Å². The molecule has 1 unspecified atom stereocenters. The SMILES string of the molecule is CCCN(CCCC(C)O)CCN(C)C. The van der Waals surface area contributed by atoms with E-state index < -0.39 is 0 Å². The van der Waals surface area contributed by atoms with Crippen LogP contribution in [0.25, 0.3) is 0 Å². The molecule has 0 aromatic heterocycles. The molecule has 0 heterocycles. The van der Waals surface area contributed by atoms with Crippen LogP contribution in [0.4, 0.5) is 0 Å². The minimum atomic E-state index is -0.151. The van der Waals surface area contributed by atoms with E-state index in [2.05, 4.69) is 30.8 Å². The number of hydrogen-bond donors (Lipinski definition) is 1. The second-order valence-electron chi connectivity index (χ2n) is 4.64. The van der Waals surface area contributed by atoms with Gasteiger partial charge in [0.15, 0.2) is 0 Å². The zero-order valence-electron chi connectivity index (χ0n) is 10.9. The molecular formula is C12H28N2O. The lowest BCUT2D eigenvalue weighted by atomic mass is 10.2. The zero-order chi connectivity index (χ0) is 11.7. The first-order valence-corrected chi connectivity index (χ1v) is 6.11. The van der Waals surface area contributed by atoms with Gasteiger partial charge >= 0.3 is 0 Å². The molecule has 0 radical (unpaired) electrons. The predicted octanol–water partition coefficient (Wildman–Crippen LogP) is 1.42. The van der Waals surface area contributed by atoms with Crippen molar-refractivity contribution in [3.8, 4) is 0 Å². The molecule has 1 atom stereocenters. The van der Waals surface area contributed by atoms with E-state index in [1.165, 1.54) is 13.0 Å². The Morgan fingerprint density at radius 1 is 1.07 bits per heavy atom. The summed E-state index contributed by atoms with van der Waals surface area (Å²) in [7, 11) is 4.22. The minimum absolute atomic E-state index is 0.151. The van der Waals surface area contributed by atoms with E-state index in [0.29, 0.717) is 0 Å². The molecular weight excluding hydrogens is 188 g/mol. The molecule has 0 aromatic carbocycles. The molecule has 3 nitrogen and oxygen atoms in total. The van der Waals surface area contributed by atoms with E-state index in [9.17, 15) is 5.11 Å². The average molecular weight is 216 g/mol. The van der Waals surface area contributed by atoms with Crippen LogP contribution < -0.4 is 0 Å². The molecule has 0 rings (SSSR count). The number of aliphatic hydroxyl groups is 1. The van der Waals surface area contributed by atoms with Crippen LogP contribution in [0.5, 0.6) is 0 Å². The van der Waals surface area contributed by atoms with Crippen molar-refractivity contribution < 1.29 is 5.11 Å². The van der Waals surface area contributed by atoms with Crippen molar-refractivity contribution in [1.29, 1.82) is 0 Å². The summed E-state index contributed by atoms with van der Waals surface area (Å²) in [6.45, 7) is 8.64. The van der Waals surface area contributed by atoms with Gasteiger partial charge in [-0.25, -0.2) is 0 Å². The fourth-order valence-corrected chi connectivity index (χ4v) is 1.60. The molecule has 0 amide bonds. The molecule has 3 heteroatoms. The first kappa shape index (κ1) is 14.9.